The van der Waals surface area contributed by atoms with Gasteiger partial charge in [-0.15, -0.1) is 5.10 Å². The first kappa shape index (κ1) is 15.2. The van der Waals surface area contributed by atoms with Gasteiger partial charge in [0.2, 0.25) is 0 Å². The van der Waals surface area contributed by atoms with E-state index in [-0.39, 0.29) is 28.3 Å². The number of carboxylic acids is 1. The Labute approximate surface area is 135 Å². The Bertz CT molecular complexity index is 990. The topological polar surface area (TPSA) is 118 Å². The third-order valence-corrected chi connectivity index (χ3v) is 3.38. The number of nitrogens with two attached hydrogens (primary N) is 1. The minimum absolute atomic E-state index is 0.166. The number of benzene rings is 1. The highest BCUT2D eigenvalue weighted by molar-refractivity contribution is 5.92. The van der Waals surface area contributed by atoms with E-state index in [1.807, 2.05) is 6.07 Å². The second-order valence-corrected chi connectivity index (χ2v) is 4.86. The molecule has 0 aliphatic carbocycles. The largest absolute Gasteiger partial charge is 0.477 e. The highest BCUT2D eigenvalue weighted by atomic mass is 19.1. The highest BCUT2D eigenvalue weighted by Gasteiger charge is 2.16. The molecule has 0 saturated heterocycles. The van der Waals surface area contributed by atoms with Crippen molar-refractivity contribution in [3.63, 3.8) is 0 Å². The van der Waals surface area contributed by atoms with Crippen molar-refractivity contribution in [3.8, 4) is 23.0 Å². The molecule has 0 aliphatic heterocycles. The van der Waals surface area contributed by atoms with Gasteiger partial charge in [0.25, 0.3) is 0 Å². The Morgan fingerprint density at radius 1 is 1.33 bits per heavy atom. The van der Waals surface area contributed by atoms with E-state index >= 15 is 0 Å². The van der Waals surface area contributed by atoms with Crippen molar-refractivity contribution in [1.82, 2.24) is 14.8 Å². The van der Waals surface area contributed by atoms with Crippen LogP contribution in [0.5, 0.6) is 0 Å². The monoisotopic (exact) mass is 323 g/mol. The molecule has 2 aromatic heterocycles. The number of nitrogens with zero attached hydrogens (tertiary/aromatic N) is 4. The lowest BCUT2D eigenvalue weighted by molar-refractivity contribution is 0.0698. The van der Waals surface area contributed by atoms with Crippen LogP contribution in [0.25, 0.3) is 16.9 Å². The molecule has 3 rings (SSSR count). The van der Waals surface area contributed by atoms with Crippen molar-refractivity contribution in [3.05, 3.63) is 59.7 Å². The number of nitriles is 1. The summed E-state index contributed by atoms with van der Waals surface area (Å²) in [5, 5.41) is 22.2. The van der Waals surface area contributed by atoms with Gasteiger partial charge in [0.15, 0.2) is 11.6 Å². The molecule has 8 heteroatoms. The number of hydrogen-bond acceptors (Lipinski definition) is 5. The number of rotatable bonds is 3. The first-order valence-electron chi connectivity index (χ1n) is 6.75. The lowest BCUT2D eigenvalue weighted by Crippen LogP contribution is -2.01. The molecule has 7 nitrogen and oxygen atoms in total. The van der Waals surface area contributed by atoms with Crippen LogP contribution in [0.1, 0.15) is 15.9 Å². The van der Waals surface area contributed by atoms with Crippen LogP contribution in [-0.2, 0) is 0 Å². The van der Waals surface area contributed by atoms with Gasteiger partial charge in [-0.05, 0) is 6.07 Å². The predicted octanol–water partition coefficient (Wildman–Crippen LogP) is 2.23. The molecule has 0 atom stereocenters. The number of halogens is 1. The Kier molecular flexibility index (Phi) is 3.67. The second-order valence-electron chi connectivity index (χ2n) is 4.86. The van der Waals surface area contributed by atoms with Gasteiger partial charge in [-0.1, -0.05) is 18.2 Å². The summed E-state index contributed by atoms with van der Waals surface area (Å²) in [5.41, 5.74) is 6.12. The third kappa shape index (κ3) is 2.55. The summed E-state index contributed by atoms with van der Waals surface area (Å²) in [4.78, 5) is 15.1. The van der Waals surface area contributed by atoms with E-state index in [0.717, 1.165) is 4.68 Å². The molecule has 3 aromatic rings. The summed E-state index contributed by atoms with van der Waals surface area (Å²) in [6.45, 7) is 0. The first-order chi connectivity index (χ1) is 11.5. The zero-order valence-electron chi connectivity index (χ0n) is 12.1. The fourth-order valence-electron chi connectivity index (χ4n) is 2.23. The molecule has 0 saturated carbocycles. The normalized spacial score (nSPS) is 10.3. The molecular formula is C16H10FN5O2. The maximum Gasteiger partial charge on any atom is 0.341 e. The van der Waals surface area contributed by atoms with Gasteiger partial charge in [-0.25, -0.2) is 18.9 Å². The van der Waals surface area contributed by atoms with Crippen LogP contribution in [0.4, 0.5) is 10.2 Å². The van der Waals surface area contributed by atoms with Gasteiger partial charge in [0.1, 0.15) is 11.4 Å². The molecule has 0 fully saturated rings. The molecule has 24 heavy (non-hydrogen) atoms. The number of aromatic nitrogens is 3. The number of aromatic carboxylic acids is 1. The first-order valence-corrected chi connectivity index (χ1v) is 6.75. The number of anilines is 1. The number of carbonyl (C=O) groups is 1. The fraction of sp³-hybridized carbons (Fsp3) is 0. The van der Waals surface area contributed by atoms with E-state index in [1.54, 1.807) is 18.2 Å². The van der Waals surface area contributed by atoms with Crippen molar-refractivity contribution in [2.75, 3.05) is 5.73 Å². The Balaban J connectivity index is 2.11. The maximum atomic E-state index is 13.9. The number of hydrogen-bond donors (Lipinski definition) is 2. The van der Waals surface area contributed by atoms with Gasteiger partial charge in [-0.3, -0.25) is 0 Å². The molecule has 0 radical (unpaired) electrons. The SMILES string of the molecule is N#Cc1cc(-n2cc(C(=O)O)c(N)n2)ncc1-c1ccccc1F. The van der Waals surface area contributed by atoms with Gasteiger partial charge in [-0.2, -0.15) is 5.26 Å². The molecule has 118 valence electrons. The molecule has 0 amide bonds. The summed E-state index contributed by atoms with van der Waals surface area (Å²) in [6, 6.07) is 9.40. The predicted molar refractivity (Wildman–Crippen MR) is 82.8 cm³/mol. The Morgan fingerprint density at radius 3 is 2.71 bits per heavy atom. The molecule has 0 aliphatic rings. The highest BCUT2D eigenvalue weighted by Crippen LogP contribution is 2.26. The van der Waals surface area contributed by atoms with Crippen LogP contribution >= 0.6 is 0 Å². The van der Waals surface area contributed by atoms with Crippen molar-refractivity contribution in [2.24, 2.45) is 0 Å². The van der Waals surface area contributed by atoms with Crippen molar-refractivity contribution < 1.29 is 14.3 Å². The van der Waals surface area contributed by atoms with Crippen LogP contribution in [0.15, 0.2) is 42.7 Å². The summed E-state index contributed by atoms with van der Waals surface area (Å²) < 4.78 is 15.1. The number of pyridine rings is 1. The summed E-state index contributed by atoms with van der Waals surface area (Å²) in [5.74, 6) is -1.66. The van der Waals surface area contributed by atoms with Gasteiger partial charge >= 0.3 is 5.97 Å². The quantitative estimate of drug-likeness (QED) is 0.763. The van der Waals surface area contributed by atoms with Crippen LogP contribution in [0.3, 0.4) is 0 Å². The number of carboxylic acid groups (broad SMARTS) is 1. The van der Waals surface area contributed by atoms with Gasteiger partial charge in [0, 0.05) is 29.6 Å². The minimum Gasteiger partial charge on any atom is -0.477 e. The minimum atomic E-state index is -1.22. The van der Waals surface area contributed by atoms with E-state index < -0.39 is 11.8 Å². The molecule has 3 N–H and O–H groups in total. The number of nitrogen functional groups attached to an aromatic ring is 1. The molecule has 1 aromatic carbocycles. The van der Waals surface area contributed by atoms with Crippen molar-refractivity contribution in [1.29, 1.82) is 5.26 Å². The fourth-order valence-corrected chi connectivity index (χ4v) is 2.23. The average molecular weight is 323 g/mol. The van der Waals surface area contributed by atoms with Crippen molar-refractivity contribution in [2.45, 2.75) is 0 Å². The summed E-state index contributed by atoms with van der Waals surface area (Å²) in [7, 11) is 0. The zero-order chi connectivity index (χ0) is 17.3. The van der Waals surface area contributed by atoms with Crippen molar-refractivity contribution >= 4 is 11.8 Å². The molecular weight excluding hydrogens is 313 g/mol. The van der Waals surface area contributed by atoms with Crippen LogP contribution in [0, 0.1) is 17.1 Å². The van der Waals surface area contributed by atoms with Gasteiger partial charge < -0.3 is 10.8 Å². The molecule has 0 unspecified atom stereocenters. The van der Waals surface area contributed by atoms with Crippen LogP contribution in [-0.4, -0.2) is 25.8 Å². The summed E-state index contributed by atoms with van der Waals surface area (Å²) >= 11 is 0. The lowest BCUT2D eigenvalue weighted by atomic mass is 10.0. The van der Waals surface area contributed by atoms with Crippen LogP contribution in [0.2, 0.25) is 0 Å². The standard InChI is InChI=1S/C16H10FN5O2/c17-13-4-2-1-3-10(13)11-7-20-14(5-9(11)6-18)22-8-12(16(23)24)15(19)21-22/h1-5,7-8H,(H2,19,21)(H,23,24). The smallest absolute Gasteiger partial charge is 0.341 e. The molecule has 2 heterocycles. The van der Waals surface area contributed by atoms with E-state index in [1.165, 1.54) is 24.5 Å². The lowest BCUT2D eigenvalue weighted by Gasteiger charge is -2.07. The average Bonchev–Trinajstić information content (AvgIpc) is 2.97. The Morgan fingerprint density at radius 2 is 2.08 bits per heavy atom. The van der Waals surface area contributed by atoms with E-state index in [2.05, 4.69) is 10.1 Å². The second kappa shape index (κ2) is 5.81. The summed E-state index contributed by atoms with van der Waals surface area (Å²) in [6.07, 6.45) is 2.54. The van der Waals surface area contributed by atoms with Crippen LogP contribution < -0.4 is 5.73 Å². The van der Waals surface area contributed by atoms with E-state index in [4.69, 9.17) is 10.8 Å². The Hall–Kier alpha value is -3.73. The van der Waals surface area contributed by atoms with E-state index in [9.17, 15) is 14.4 Å². The molecule has 0 spiro atoms. The zero-order valence-corrected chi connectivity index (χ0v) is 12.1. The van der Waals surface area contributed by atoms with Gasteiger partial charge in [0.05, 0.1) is 11.6 Å². The molecule has 0 bridgehead atoms. The van der Waals surface area contributed by atoms with E-state index in [0.29, 0.717) is 5.56 Å². The third-order valence-electron chi connectivity index (χ3n) is 3.38. The maximum absolute atomic E-state index is 13.9.